The Kier molecular flexibility index (Phi) is 60.7. The van der Waals surface area contributed by atoms with Crippen LogP contribution in [0.5, 0.6) is 0 Å². The summed E-state index contributed by atoms with van der Waals surface area (Å²) in [5.41, 5.74) is 12.6. The second kappa shape index (κ2) is 70.9. The van der Waals surface area contributed by atoms with E-state index in [2.05, 4.69) is 146 Å². The summed E-state index contributed by atoms with van der Waals surface area (Å²) in [7, 11) is 4.51. The van der Waals surface area contributed by atoms with Gasteiger partial charge in [-0.3, -0.25) is 43.1 Å². The first-order chi connectivity index (χ1) is 68.9. The highest BCUT2D eigenvalue weighted by Gasteiger charge is 2.30. The zero-order valence-corrected chi connectivity index (χ0v) is 86.6. The molecule has 0 atom stereocenters. The number of rotatable bonds is 20. The number of nitrogens with zero attached hydrogens (tertiary/aromatic N) is 1. The lowest BCUT2D eigenvalue weighted by atomic mass is 9.85. The molecule has 3 fully saturated rings. The van der Waals surface area contributed by atoms with Crippen LogP contribution in [-0.2, 0) is 48.3 Å². The fourth-order valence-corrected chi connectivity index (χ4v) is 11.7. The van der Waals surface area contributed by atoms with Gasteiger partial charge in [0.25, 0.3) is 11.8 Å². The van der Waals surface area contributed by atoms with E-state index in [-0.39, 0.29) is 77.3 Å². The Bertz CT molecular complexity index is 6250. The topological polar surface area (TPSA) is 391 Å². The molecule has 0 saturated heterocycles. The van der Waals surface area contributed by atoms with Crippen LogP contribution < -0.4 is 63.2 Å². The van der Waals surface area contributed by atoms with Crippen molar-refractivity contribution in [1.29, 1.82) is 5.26 Å². The molecular weight excluding hydrogens is 1840 g/mol. The van der Waals surface area contributed by atoms with Crippen LogP contribution in [0.15, 0.2) is 218 Å². The molecule has 9 aromatic rings. The minimum Gasteiger partial charge on any atom is -0.449 e. The number of halogens is 1. The number of alkyl carbamates (subject to hydrolysis) is 1. The van der Waals surface area contributed by atoms with Gasteiger partial charge in [0, 0.05) is 155 Å². The molecule has 3 saturated carbocycles. The predicted octanol–water partition coefficient (Wildman–Crippen LogP) is 19.2. The minimum atomic E-state index is -3.28. The molecule has 12 rings (SSSR count). The maximum Gasteiger partial charge on any atom is 0.406 e. The molecule has 0 aliphatic heterocycles. The molecule has 0 heterocycles. The van der Waals surface area contributed by atoms with E-state index in [1.165, 1.54) is 38.8 Å². The third-order valence-corrected chi connectivity index (χ3v) is 20.6. The largest absolute Gasteiger partial charge is 0.449 e. The van der Waals surface area contributed by atoms with Gasteiger partial charge in [-0.25, -0.2) is 22.4 Å². The van der Waals surface area contributed by atoms with Crippen LogP contribution in [0.3, 0.4) is 0 Å². The molecule has 0 spiro atoms. The van der Waals surface area contributed by atoms with Crippen LogP contribution in [0.1, 0.15) is 214 Å². The van der Waals surface area contributed by atoms with E-state index >= 15 is 0 Å². The Labute approximate surface area is 850 Å². The average Bonchev–Trinajstić information content (AvgIpc) is 1.77. The van der Waals surface area contributed by atoms with E-state index in [0.29, 0.717) is 53.8 Å². The van der Waals surface area contributed by atoms with Gasteiger partial charge < -0.3 is 68.0 Å². The van der Waals surface area contributed by atoms with Gasteiger partial charge in [0.1, 0.15) is 12.4 Å². The quantitative estimate of drug-likeness (QED) is 0.0249. The van der Waals surface area contributed by atoms with Gasteiger partial charge in [-0.1, -0.05) is 131 Å². The lowest BCUT2D eigenvalue weighted by molar-refractivity contribution is -0.123. The van der Waals surface area contributed by atoms with Crippen molar-refractivity contribution in [3.63, 3.8) is 0 Å². The molecular formula is C115H134FN13O14S. The summed E-state index contributed by atoms with van der Waals surface area (Å²) in [5.74, 6) is 41.0. The molecule has 9 aromatic carbocycles. The molecule has 11 amide bonds. The molecule has 3 aliphatic rings. The summed E-state index contributed by atoms with van der Waals surface area (Å²) in [6, 6.07) is 65.9. The van der Waals surface area contributed by atoms with Crippen LogP contribution in [0, 0.1) is 129 Å². The van der Waals surface area contributed by atoms with Crippen molar-refractivity contribution in [2.24, 2.45) is 29.1 Å². The monoisotopic (exact) mass is 1970 g/mol. The van der Waals surface area contributed by atoms with E-state index < -0.39 is 21.1 Å². The second-order valence-electron chi connectivity index (χ2n) is 32.7. The molecule has 12 N–H and O–H groups in total. The minimum absolute atomic E-state index is 0.00843. The fourth-order valence-electron chi connectivity index (χ4n) is 11.0. The highest BCUT2D eigenvalue weighted by Crippen LogP contribution is 2.31. The third kappa shape index (κ3) is 55.2. The Morgan fingerprint density at radius 3 is 1.10 bits per heavy atom. The van der Waals surface area contributed by atoms with Crippen molar-refractivity contribution in [3.05, 3.63) is 280 Å². The third-order valence-electron chi connectivity index (χ3n) is 18.8. The first kappa shape index (κ1) is 123. The fraction of sp³-hybridized carbons (Fsp3) is 0.313. The first-order valence-corrected chi connectivity index (χ1v) is 47.9. The van der Waals surface area contributed by atoms with Crippen molar-refractivity contribution in [3.8, 4) is 89.0 Å². The van der Waals surface area contributed by atoms with Crippen LogP contribution >= 0.6 is 0 Å². The Hall–Kier alpha value is -16.7. The highest BCUT2D eigenvalue weighted by atomic mass is 32.2. The van der Waals surface area contributed by atoms with Crippen molar-refractivity contribution < 1.29 is 70.2 Å². The Balaban J connectivity index is 0.000000539. The lowest BCUT2D eigenvalue weighted by Gasteiger charge is -2.24. The Morgan fingerprint density at radius 1 is 0.431 bits per heavy atom. The number of nitrogens with one attached hydrogen (secondary N) is 12. The van der Waals surface area contributed by atoms with Gasteiger partial charge in [-0.15, -0.1) is 41.4 Å². The molecule has 0 radical (unpaired) electrons. The molecule has 144 heavy (non-hydrogen) atoms. The molecule has 0 aromatic heterocycles. The van der Waals surface area contributed by atoms with Crippen LogP contribution in [0.25, 0.3) is 0 Å². The second-order valence-corrected chi connectivity index (χ2v) is 34.9. The van der Waals surface area contributed by atoms with Crippen molar-refractivity contribution >= 4 is 110 Å². The average molecular weight is 1970 g/mol. The normalized spacial score (nSPS) is 10.8. The van der Waals surface area contributed by atoms with Crippen LogP contribution in [-0.4, -0.2) is 129 Å². The van der Waals surface area contributed by atoms with Crippen LogP contribution in [0.2, 0.25) is 0 Å². The van der Waals surface area contributed by atoms with Gasteiger partial charge in [-0.2, -0.15) is 5.26 Å². The van der Waals surface area contributed by atoms with E-state index in [4.69, 9.17) is 14.7 Å². The van der Waals surface area contributed by atoms with E-state index in [0.717, 1.165) is 112 Å². The van der Waals surface area contributed by atoms with Crippen molar-refractivity contribution in [1.82, 2.24) is 26.6 Å². The summed E-state index contributed by atoms with van der Waals surface area (Å²) in [5, 5.41) is 37.2. The van der Waals surface area contributed by atoms with Crippen molar-refractivity contribution in [2.75, 3.05) is 91.7 Å². The van der Waals surface area contributed by atoms with Gasteiger partial charge in [0.05, 0.1) is 23.5 Å². The molecule has 27 nitrogen and oxygen atoms in total. The standard InChI is InChI=1S/C14H15NO.C14H17NO.C13H13NO.C12H14N2O.C12H15NO2S.C12H13NO2.C10H9NO.C9H8N2O.C8H8FNO.C6H13NO2.C5H9NO/c1-2-5-11-6-3-9-13(10-11)15-14(16)12-7-4-8-12;1-5-7-11-8-6-9-12(10-11)15-13(16)14(2,3)4;1-2-4-10-5-3-6-12(9-10)14-13(15)11-7-8-11;1-3-6-10-7-5-8-11(9-10)14-12(15)13-4-2;1-4-6-11-7-5-8-12(9-11)13-16(14,15)10(2)3;1-3-5-10-6-4-7-11(8-10)13-12(14)9-15-2;1-2-4-9-5-3-6-10(7-9)11-8-12;1-11-9(12)8-4-2-7(6-10)3-5-8;1-10-8(11)6-3-2-4-7(9)5-6;1-5(2)4-9-6(8)7-3;1-6-5(7)4-2-3-4/h3,6,9-10,12H,4,7-8H2,1H3,(H,15,16);6,8-10H,1-4H3,(H,15,16);3,5-6,9,11H,7-8H2,1H3,(H,14,15);5,7-9H,4H2,1-2H3,(H2,13,14,15);5,7-10,13H,1-3H3;4,6-8H,9H2,1-2H3,(H,13,14);3,5-8H,1H3,(H,11,12);2-5H,1H3,(H,11,12);2-5H,1H3,(H,10,11);5H,4H2,1-3H3,(H,7,8);4H,2-3H2,1H3,(H,6,7). The van der Waals surface area contributed by atoms with Gasteiger partial charge in [-0.05, 0) is 284 Å². The van der Waals surface area contributed by atoms with Crippen molar-refractivity contribution in [2.45, 2.75) is 154 Å². The number of anilines is 7. The maximum atomic E-state index is 12.5. The number of urea groups is 1. The zero-order valence-electron chi connectivity index (χ0n) is 85.8. The highest BCUT2D eigenvalue weighted by molar-refractivity contribution is 7.93. The number of carbonyl (C=O) groups excluding carboxylic acids is 10. The van der Waals surface area contributed by atoms with E-state index in [9.17, 15) is 60.8 Å². The predicted molar refractivity (Wildman–Crippen MR) is 575 cm³/mol. The first-order valence-electron chi connectivity index (χ1n) is 46.3. The number of hydrogen-bond acceptors (Lipinski definition) is 15. The number of methoxy groups -OCH3 is 1. The number of sulfonamides is 1. The molecule has 29 heteroatoms. The van der Waals surface area contributed by atoms with Gasteiger partial charge in [0.2, 0.25) is 46.0 Å². The molecule has 3 aliphatic carbocycles. The number of ether oxygens (including phenoxy) is 2. The SMILES string of the molecule is CC#Cc1cccc(NC(=O)C(C)(C)C)c1.CC#Cc1cccc(NC(=O)C2CC2)c1.CC#Cc1cccc(NC(=O)C2CCC2)c1.CC#Cc1cccc(NC(=O)COC)c1.CC#Cc1cccc(NC(=O)NCC)c1.CC#Cc1cccc(NC=O)c1.CC#Cc1cccc(NS(=O)(=O)C(C)C)c1.CNC(=O)C1CC1.CNC(=O)OCC(C)C.CNC(=O)c1ccc(C#N)cc1.CNC(=O)c1cccc(F)c1. The van der Waals surface area contributed by atoms with Crippen LogP contribution in [0.4, 0.5) is 53.8 Å². The summed E-state index contributed by atoms with van der Waals surface area (Å²) in [6.45, 7) is 28.4. The molecule has 756 valence electrons. The number of amides is 11. The van der Waals surface area contributed by atoms with Gasteiger partial charge >= 0.3 is 12.1 Å². The lowest BCUT2D eigenvalue weighted by Crippen LogP contribution is -2.28. The maximum absolute atomic E-state index is 12.5. The zero-order chi connectivity index (χ0) is 107. The number of carbonyl (C=O) groups is 10. The summed E-state index contributed by atoms with van der Waals surface area (Å²) >= 11 is 0. The number of benzene rings is 9. The van der Waals surface area contributed by atoms with E-state index in [1.807, 2.05) is 199 Å². The summed E-state index contributed by atoms with van der Waals surface area (Å²) in [4.78, 5) is 110. The molecule has 0 bridgehead atoms. The summed E-state index contributed by atoms with van der Waals surface area (Å²) < 4.78 is 47.7. The van der Waals surface area contributed by atoms with Gasteiger partial charge in [0.15, 0.2) is 0 Å². The van der Waals surface area contributed by atoms with E-state index in [1.54, 1.807) is 132 Å². The summed E-state index contributed by atoms with van der Waals surface area (Å²) in [6.07, 6.45) is 7.78. The number of hydrogen-bond donors (Lipinski definition) is 12. The number of nitriles is 1. The Morgan fingerprint density at radius 2 is 0.785 bits per heavy atom. The smallest absolute Gasteiger partial charge is 0.406 e. The molecule has 0 unspecified atom stereocenters.